The molecule has 8 nitrogen and oxygen atoms in total. The number of benzene rings is 2. The van der Waals surface area contributed by atoms with Crippen molar-refractivity contribution in [3.8, 4) is 0 Å². The Balaban J connectivity index is 1.59. The Bertz CT molecular complexity index is 1420. The number of thioether (sulfide) groups is 1. The van der Waals surface area contributed by atoms with Crippen molar-refractivity contribution in [2.75, 3.05) is 17.2 Å². The fraction of sp³-hybridized carbons (Fsp3) is 0.190. The SMILES string of the molecule is C=CCn1c(SCC(=O)N2CCc3cc(S(N)(=O)=O)ccc32)nc2cc(Cl)ccc2c1=O. The number of hydrogen-bond donors (Lipinski definition) is 1. The first-order chi connectivity index (χ1) is 15.2. The summed E-state index contributed by atoms with van der Waals surface area (Å²) in [6.07, 6.45) is 2.12. The molecule has 0 aliphatic carbocycles. The first-order valence-corrected chi connectivity index (χ1v) is 12.5. The fourth-order valence-corrected chi connectivity index (χ4v) is 5.21. The number of carbonyl (C=O) groups is 1. The smallest absolute Gasteiger partial charge is 0.262 e. The van der Waals surface area contributed by atoms with Gasteiger partial charge in [0.1, 0.15) is 0 Å². The highest BCUT2D eigenvalue weighted by molar-refractivity contribution is 7.99. The molecule has 1 amide bonds. The molecular formula is C21H19ClN4O4S2. The van der Waals surface area contributed by atoms with E-state index in [1.54, 1.807) is 35.2 Å². The van der Waals surface area contributed by atoms with Crippen molar-refractivity contribution in [2.24, 2.45) is 5.14 Å². The summed E-state index contributed by atoms with van der Waals surface area (Å²) >= 11 is 7.20. The van der Waals surface area contributed by atoms with E-state index in [1.165, 1.54) is 16.7 Å². The van der Waals surface area contributed by atoms with Gasteiger partial charge in [0.15, 0.2) is 5.16 Å². The van der Waals surface area contributed by atoms with Gasteiger partial charge in [-0.3, -0.25) is 14.2 Å². The highest BCUT2D eigenvalue weighted by atomic mass is 35.5. The van der Waals surface area contributed by atoms with Gasteiger partial charge in [-0.05, 0) is 48.4 Å². The first kappa shape index (κ1) is 22.5. The molecule has 4 rings (SSSR count). The lowest BCUT2D eigenvalue weighted by Crippen LogP contribution is -2.31. The molecule has 166 valence electrons. The summed E-state index contributed by atoms with van der Waals surface area (Å²) in [4.78, 5) is 32.0. The van der Waals surface area contributed by atoms with Crippen LogP contribution in [0.3, 0.4) is 0 Å². The summed E-state index contributed by atoms with van der Waals surface area (Å²) in [7, 11) is -3.81. The summed E-state index contributed by atoms with van der Waals surface area (Å²) in [5, 5.41) is 6.49. The molecular weight excluding hydrogens is 472 g/mol. The Hall–Kier alpha value is -2.66. The van der Waals surface area contributed by atoms with Crippen LogP contribution in [0.25, 0.3) is 10.9 Å². The number of sulfonamides is 1. The topological polar surface area (TPSA) is 115 Å². The Morgan fingerprint density at radius 2 is 2.06 bits per heavy atom. The van der Waals surface area contributed by atoms with Gasteiger partial charge in [0.25, 0.3) is 5.56 Å². The summed E-state index contributed by atoms with van der Waals surface area (Å²) in [5.41, 5.74) is 1.63. The van der Waals surface area contributed by atoms with Crippen molar-refractivity contribution in [3.05, 3.63) is 70.0 Å². The average molecular weight is 491 g/mol. The summed E-state index contributed by atoms with van der Waals surface area (Å²) in [6, 6.07) is 9.36. The lowest BCUT2D eigenvalue weighted by atomic mass is 10.2. The molecule has 0 spiro atoms. The van der Waals surface area contributed by atoms with E-state index in [-0.39, 0.29) is 28.7 Å². The van der Waals surface area contributed by atoms with E-state index < -0.39 is 10.0 Å². The number of primary sulfonamides is 1. The number of carbonyl (C=O) groups excluding carboxylic acids is 1. The van der Waals surface area contributed by atoms with Crippen LogP contribution in [-0.4, -0.2) is 36.2 Å². The van der Waals surface area contributed by atoms with Crippen molar-refractivity contribution in [1.29, 1.82) is 0 Å². The zero-order chi connectivity index (χ0) is 23.0. The number of allylic oxidation sites excluding steroid dienone is 1. The van der Waals surface area contributed by atoms with Gasteiger partial charge in [-0.25, -0.2) is 18.5 Å². The zero-order valence-electron chi connectivity index (χ0n) is 16.8. The Labute approximate surface area is 193 Å². The van der Waals surface area contributed by atoms with Gasteiger partial charge in [0.2, 0.25) is 15.9 Å². The maximum absolute atomic E-state index is 12.9. The number of fused-ring (bicyclic) bond motifs is 2. The van der Waals surface area contributed by atoms with Gasteiger partial charge in [-0.15, -0.1) is 6.58 Å². The van der Waals surface area contributed by atoms with Crippen LogP contribution in [0.2, 0.25) is 5.02 Å². The summed E-state index contributed by atoms with van der Waals surface area (Å²) in [6.45, 7) is 4.38. The van der Waals surface area contributed by atoms with Gasteiger partial charge in [-0.2, -0.15) is 0 Å². The van der Waals surface area contributed by atoms with Crippen molar-refractivity contribution in [3.63, 3.8) is 0 Å². The third kappa shape index (κ3) is 4.31. The van der Waals surface area contributed by atoms with Crippen molar-refractivity contribution >= 4 is 55.9 Å². The molecule has 2 aromatic carbocycles. The predicted octanol–water partition coefficient (Wildman–Crippen LogP) is 2.56. The van der Waals surface area contributed by atoms with Crippen molar-refractivity contribution < 1.29 is 13.2 Å². The third-order valence-electron chi connectivity index (χ3n) is 5.09. The number of anilines is 1. The largest absolute Gasteiger partial charge is 0.311 e. The molecule has 2 heterocycles. The minimum Gasteiger partial charge on any atom is -0.311 e. The summed E-state index contributed by atoms with van der Waals surface area (Å²) < 4.78 is 24.6. The molecule has 32 heavy (non-hydrogen) atoms. The van der Waals surface area contributed by atoms with E-state index in [1.807, 2.05) is 0 Å². The van der Waals surface area contributed by atoms with Crippen LogP contribution < -0.4 is 15.6 Å². The maximum atomic E-state index is 12.9. The van der Waals surface area contributed by atoms with Gasteiger partial charge < -0.3 is 4.90 Å². The average Bonchev–Trinajstić information content (AvgIpc) is 3.17. The lowest BCUT2D eigenvalue weighted by molar-refractivity contribution is -0.116. The number of halogens is 1. The van der Waals surface area contributed by atoms with E-state index >= 15 is 0 Å². The van der Waals surface area contributed by atoms with Gasteiger partial charge in [0, 0.05) is 23.8 Å². The normalized spacial score (nSPS) is 13.4. The van der Waals surface area contributed by atoms with Crippen LogP contribution in [0.15, 0.2) is 63.9 Å². The van der Waals surface area contributed by atoms with E-state index in [9.17, 15) is 18.0 Å². The minimum atomic E-state index is -3.81. The molecule has 0 radical (unpaired) electrons. The second-order valence-electron chi connectivity index (χ2n) is 7.18. The molecule has 11 heteroatoms. The highest BCUT2D eigenvalue weighted by Gasteiger charge is 2.26. The molecule has 0 bridgehead atoms. The Morgan fingerprint density at radius 1 is 1.28 bits per heavy atom. The molecule has 1 aromatic heterocycles. The lowest BCUT2D eigenvalue weighted by Gasteiger charge is -2.18. The quantitative estimate of drug-likeness (QED) is 0.322. The van der Waals surface area contributed by atoms with Crippen LogP contribution in [0.1, 0.15) is 5.56 Å². The first-order valence-electron chi connectivity index (χ1n) is 9.59. The van der Waals surface area contributed by atoms with E-state index in [0.29, 0.717) is 39.7 Å². The number of rotatable bonds is 6. The third-order valence-corrected chi connectivity index (χ3v) is 7.20. The van der Waals surface area contributed by atoms with Gasteiger partial charge in [0.05, 0.1) is 21.6 Å². The van der Waals surface area contributed by atoms with Gasteiger partial charge >= 0.3 is 0 Å². The fourth-order valence-electron chi connectivity index (χ4n) is 3.59. The number of nitrogens with zero attached hydrogens (tertiary/aromatic N) is 3. The second-order valence-corrected chi connectivity index (χ2v) is 10.1. The molecule has 2 N–H and O–H groups in total. The number of amides is 1. The molecule has 0 unspecified atom stereocenters. The number of hydrogen-bond acceptors (Lipinski definition) is 6. The Kier molecular flexibility index (Phi) is 6.13. The molecule has 1 aliphatic rings. The van der Waals surface area contributed by atoms with Gasteiger partial charge in [-0.1, -0.05) is 29.4 Å². The van der Waals surface area contributed by atoms with Crippen LogP contribution in [-0.2, 0) is 27.8 Å². The number of nitrogens with two attached hydrogens (primary N) is 1. The Morgan fingerprint density at radius 3 is 2.78 bits per heavy atom. The van der Waals surface area contributed by atoms with Crippen LogP contribution in [0, 0.1) is 0 Å². The molecule has 0 saturated heterocycles. The highest BCUT2D eigenvalue weighted by Crippen LogP contribution is 2.31. The van der Waals surface area contributed by atoms with E-state index in [0.717, 1.165) is 17.3 Å². The van der Waals surface area contributed by atoms with Crippen LogP contribution in [0.4, 0.5) is 5.69 Å². The molecule has 3 aromatic rings. The maximum Gasteiger partial charge on any atom is 0.262 e. The van der Waals surface area contributed by atoms with Crippen molar-refractivity contribution in [1.82, 2.24) is 9.55 Å². The van der Waals surface area contributed by atoms with Crippen LogP contribution in [0.5, 0.6) is 0 Å². The number of aromatic nitrogens is 2. The summed E-state index contributed by atoms with van der Waals surface area (Å²) in [5.74, 6) is -0.130. The molecule has 0 saturated carbocycles. The molecule has 1 aliphatic heterocycles. The standard InChI is InChI=1S/C21H19ClN4O4S2/c1-2-8-26-20(28)16-5-3-14(22)11-17(16)24-21(26)31-12-19(27)25-9-7-13-10-15(32(23,29)30)4-6-18(13)25/h2-6,10-11H,1,7-9,12H2,(H2,23,29,30). The van der Waals surface area contributed by atoms with Crippen LogP contribution >= 0.6 is 23.4 Å². The predicted molar refractivity (Wildman–Crippen MR) is 126 cm³/mol. The minimum absolute atomic E-state index is 0.0207. The van der Waals surface area contributed by atoms with E-state index in [2.05, 4.69) is 11.6 Å². The zero-order valence-corrected chi connectivity index (χ0v) is 19.2. The molecule has 0 fully saturated rings. The molecule has 0 atom stereocenters. The monoisotopic (exact) mass is 490 g/mol. The van der Waals surface area contributed by atoms with E-state index in [4.69, 9.17) is 16.7 Å². The van der Waals surface area contributed by atoms with Crippen molar-refractivity contribution in [2.45, 2.75) is 23.0 Å². The second kappa shape index (κ2) is 8.70.